The molecule has 2 aromatic carbocycles. The van der Waals surface area contributed by atoms with Gasteiger partial charge in [0.05, 0.1) is 23.1 Å². The van der Waals surface area contributed by atoms with Crippen LogP contribution >= 0.6 is 0 Å². The monoisotopic (exact) mass is 414 g/mol. The van der Waals surface area contributed by atoms with Crippen LogP contribution in [0.15, 0.2) is 30.6 Å². The summed E-state index contributed by atoms with van der Waals surface area (Å²) in [6, 6.07) is 7.29. The summed E-state index contributed by atoms with van der Waals surface area (Å²) in [6.07, 6.45) is 4.02. The molecule has 6 nitrogen and oxygen atoms in total. The summed E-state index contributed by atoms with van der Waals surface area (Å²) in [5.74, 6) is -0.592. The number of amides is 1. The molecule has 1 amide bonds. The van der Waals surface area contributed by atoms with Crippen molar-refractivity contribution in [3.05, 3.63) is 53.1 Å². The molecule has 162 valence electrons. The van der Waals surface area contributed by atoms with E-state index >= 15 is 0 Å². The minimum Gasteiger partial charge on any atom is -0.396 e. The molecule has 0 atom stereocenters. The van der Waals surface area contributed by atoms with Crippen LogP contribution in [0.2, 0.25) is 0 Å². The third kappa shape index (κ3) is 5.36. The highest BCUT2D eigenvalue weighted by Gasteiger charge is 2.20. The number of halogens is 1. The smallest absolute Gasteiger partial charge is 0.251 e. The van der Waals surface area contributed by atoms with Crippen molar-refractivity contribution in [2.24, 2.45) is 18.7 Å². The lowest BCUT2D eigenvalue weighted by Crippen LogP contribution is -2.15. The van der Waals surface area contributed by atoms with Gasteiger partial charge in [0.25, 0.3) is 5.91 Å². The number of aryl methyl sites for hydroxylation is 3. The third-order valence-corrected chi connectivity index (χ3v) is 4.82. The molecule has 0 radical (unpaired) electrons. The quantitative estimate of drug-likeness (QED) is 0.582. The normalized spacial score (nSPS) is 12.5. The van der Waals surface area contributed by atoms with E-state index in [9.17, 15) is 9.18 Å². The molecule has 0 spiro atoms. The maximum absolute atomic E-state index is 14.9. The van der Waals surface area contributed by atoms with Gasteiger partial charge in [-0.15, -0.1) is 0 Å². The average molecular weight is 415 g/mol. The maximum Gasteiger partial charge on any atom is 0.251 e. The van der Waals surface area contributed by atoms with Crippen LogP contribution in [0.3, 0.4) is 0 Å². The summed E-state index contributed by atoms with van der Waals surface area (Å²) in [6.45, 7) is 8.31. The first kappa shape index (κ1) is 23.3. The SMILES string of the molecule is CC.Cc1ccc(Nc2c(C(N)=O)cc3c(ncn3C)c2F)c(C)c1.OCC1CC1. The number of anilines is 2. The fourth-order valence-corrected chi connectivity index (χ4v) is 2.93. The molecular weight excluding hydrogens is 383 g/mol. The third-order valence-electron chi connectivity index (χ3n) is 4.82. The topological polar surface area (TPSA) is 93.2 Å². The Kier molecular flexibility index (Phi) is 7.94. The van der Waals surface area contributed by atoms with Gasteiger partial charge in [-0.25, -0.2) is 9.37 Å². The summed E-state index contributed by atoms with van der Waals surface area (Å²) in [4.78, 5) is 15.8. The molecule has 0 bridgehead atoms. The fourth-order valence-electron chi connectivity index (χ4n) is 2.93. The zero-order valence-electron chi connectivity index (χ0n) is 18.3. The highest BCUT2D eigenvalue weighted by atomic mass is 19.1. The highest BCUT2D eigenvalue weighted by molar-refractivity contribution is 6.03. The Morgan fingerprint density at radius 2 is 1.97 bits per heavy atom. The Labute approximate surface area is 176 Å². The number of rotatable bonds is 4. The largest absolute Gasteiger partial charge is 0.396 e. The molecule has 1 aliphatic carbocycles. The van der Waals surface area contributed by atoms with Crippen molar-refractivity contribution in [2.45, 2.75) is 40.5 Å². The van der Waals surface area contributed by atoms with Crippen LogP contribution in [-0.2, 0) is 7.05 Å². The molecule has 0 saturated heterocycles. The van der Waals surface area contributed by atoms with Crippen LogP contribution in [0.4, 0.5) is 15.8 Å². The molecule has 0 unspecified atom stereocenters. The van der Waals surface area contributed by atoms with Gasteiger partial charge in [0, 0.05) is 19.3 Å². The molecule has 1 aromatic heterocycles. The van der Waals surface area contributed by atoms with E-state index in [-0.39, 0.29) is 16.8 Å². The van der Waals surface area contributed by atoms with E-state index in [1.54, 1.807) is 17.7 Å². The lowest BCUT2D eigenvalue weighted by Gasteiger charge is -2.14. The van der Waals surface area contributed by atoms with Gasteiger partial charge in [0.15, 0.2) is 5.82 Å². The maximum atomic E-state index is 14.9. The second kappa shape index (κ2) is 10.2. The highest BCUT2D eigenvalue weighted by Crippen LogP contribution is 2.31. The second-order valence-corrected chi connectivity index (χ2v) is 7.27. The van der Waals surface area contributed by atoms with Gasteiger partial charge in [-0.2, -0.15) is 0 Å². The van der Waals surface area contributed by atoms with Crippen molar-refractivity contribution in [1.82, 2.24) is 9.55 Å². The lowest BCUT2D eigenvalue weighted by molar-refractivity contribution is 0.100. The number of imidazole rings is 1. The Bertz CT molecular complexity index is 1030. The summed E-state index contributed by atoms with van der Waals surface area (Å²) < 4.78 is 16.5. The number of aliphatic hydroxyl groups excluding tert-OH is 1. The van der Waals surface area contributed by atoms with E-state index in [4.69, 9.17) is 10.8 Å². The van der Waals surface area contributed by atoms with Gasteiger partial charge >= 0.3 is 0 Å². The number of fused-ring (bicyclic) bond motifs is 1. The van der Waals surface area contributed by atoms with Gasteiger partial charge in [-0.3, -0.25) is 4.79 Å². The summed E-state index contributed by atoms with van der Waals surface area (Å²) in [5, 5.41) is 11.2. The van der Waals surface area contributed by atoms with Crippen molar-refractivity contribution in [1.29, 1.82) is 0 Å². The molecule has 0 aliphatic heterocycles. The average Bonchev–Trinajstić information content (AvgIpc) is 3.50. The van der Waals surface area contributed by atoms with Crippen LogP contribution in [0.5, 0.6) is 0 Å². The summed E-state index contributed by atoms with van der Waals surface area (Å²) in [7, 11) is 1.73. The predicted molar refractivity (Wildman–Crippen MR) is 120 cm³/mol. The lowest BCUT2D eigenvalue weighted by atomic mass is 10.1. The summed E-state index contributed by atoms with van der Waals surface area (Å²) >= 11 is 0. The van der Waals surface area contributed by atoms with Crippen LogP contribution in [0.1, 0.15) is 48.2 Å². The molecule has 3 aromatic rings. The zero-order valence-corrected chi connectivity index (χ0v) is 18.3. The molecule has 1 saturated carbocycles. The molecule has 4 rings (SSSR count). The molecule has 7 heteroatoms. The number of primary amides is 1. The van der Waals surface area contributed by atoms with Crippen LogP contribution in [-0.4, -0.2) is 27.2 Å². The number of hydrogen-bond donors (Lipinski definition) is 3. The fraction of sp³-hybridized carbons (Fsp3) is 0.391. The van der Waals surface area contributed by atoms with Gasteiger partial charge in [0.2, 0.25) is 0 Å². The van der Waals surface area contributed by atoms with E-state index in [2.05, 4.69) is 10.3 Å². The van der Waals surface area contributed by atoms with Crippen LogP contribution in [0, 0.1) is 25.6 Å². The first-order chi connectivity index (χ1) is 14.3. The standard InChI is InChI=1S/C17H17FN4O.C4H8O.C2H6/c1-9-4-5-12(10(2)6-9)21-15-11(17(19)23)7-13-16(14(15)18)20-8-22(13)3;5-3-4-1-2-4;1-2/h4-8,21H,1-3H3,(H2,19,23);4-5H,1-3H2;1-2H3. The molecule has 1 fully saturated rings. The van der Waals surface area contributed by atoms with E-state index in [1.165, 1.54) is 19.2 Å². The number of benzene rings is 2. The second-order valence-electron chi connectivity index (χ2n) is 7.27. The van der Waals surface area contributed by atoms with E-state index < -0.39 is 11.7 Å². The Hall–Kier alpha value is -2.93. The van der Waals surface area contributed by atoms with Crippen molar-refractivity contribution >= 4 is 28.3 Å². The van der Waals surface area contributed by atoms with Crippen molar-refractivity contribution in [2.75, 3.05) is 11.9 Å². The number of carbonyl (C=O) groups is 1. The first-order valence-corrected chi connectivity index (χ1v) is 10.2. The number of hydrogen-bond acceptors (Lipinski definition) is 4. The Morgan fingerprint density at radius 1 is 1.30 bits per heavy atom. The van der Waals surface area contributed by atoms with E-state index in [0.29, 0.717) is 23.7 Å². The minimum absolute atomic E-state index is 0.0515. The molecule has 30 heavy (non-hydrogen) atoms. The van der Waals surface area contributed by atoms with Gasteiger partial charge in [-0.05, 0) is 50.3 Å². The summed E-state index contributed by atoms with van der Waals surface area (Å²) in [5.41, 5.74) is 9.06. The Balaban J connectivity index is 0.000000393. The minimum atomic E-state index is -0.695. The number of aliphatic hydroxyl groups is 1. The van der Waals surface area contributed by atoms with E-state index in [1.807, 2.05) is 45.9 Å². The molecule has 4 N–H and O–H groups in total. The van der Waals surface area contributed by atoms with Crippen molar-refractivity contribution in [3.8, 4) is 0 Å². The number of nitrogens with two attached hydrogens (primary N) is 1. The Morgan fingerprint density at radius 3 is 2.47 bits per heavy atom. The van der Waals surface area contributed by atoms with Crippen molar-refractivity contribution in [3.63, 3.8) is 0 Å². The van der Waals surface area contributed by atoms with Gasteiger partial charge in [0.1, 0.15) is 5.52 Å². The van der Waals surface area contributed by atoms with Crippen LogP contribution < -0.4 is 11.1 Å². The van der Waals surface area contributed by atoms with E-state index in [0.717, 1.165) is 11.1 Å². The van der Waals surface area contributed by atoms with Gasteiger partial charge < -0.3 is 20.7 Å². The zero-order chi connectivity index (χ0) is 22.4. The molecular formula is C23H31FN4O2. The van der Waals surface area contributed by atoms with Gasteiger partial charge in [-0.1, -0.05) is 31.5 Å². The van der Waals surface area contributed by atoms with Crippen molar-refractivity contribution < 1.29 is 14.3 Å². The number of nitrogens with zero attached hydrogens (tertiary/aromatic N) is 2. The number of nitrogens with one attached hydrogen (secondary N) is 1. The predicted octanol–water partition coefficient (Wildman–Crippen LogP) is 4.59. The van der Waals surface area contributed by atoms with Crippen LogP contribution in [0.25, 0.3) is 11.0 Å². The first-order valence-electron chi connectivity index (χ1n) is 10.2. The number of aromatic nitrogens is 2. The molecule has 1 heterocycles. The number of carbonyl (C=O) groups excluding carboxylic acids is 1. The molecule has 1 aliphatic rings.